The van der Waals surface area contributed by atoms with Crippen molar-refractivity contribution in [3.05, 3.63) is 65.3 Å². The third-order valence-electron chi connectivity index (χ3n) is 3.20. The van der Waals surface area contributed by atoms with Crippen LogP contribution >= 0.6 is 11.3 Å². The monoisotopic (exact) mass is 282 g/mol. The summed E-state index contributed by atoms with van der Waals surface area (Å²) in [6.45, 7) is 1.94. The molecule has 0 saturated heterocycles. The van der Waals surface area contributed by atoms with Gasteiger partial charge in [-0.2, -0.15) is 0 Å². The molecule has 0 saturated carbocycles. The lowest BCUT2D eigenvalue weighted by Gasteiger charge is -2.12. The Bertz CT molecular complexity index is 736. The Labute approximate surface area is 121 Å². The van der Waals surface area contributed by atoms with Crippen molar-refractivity contribution < 1.29 is 4.79 Å². The van der Waals surface area contributed by atoms with Crippen molar-refractivity contribution in [2.75, 3.05) is 0 Å². The fourth-order valence-electron chi connectivity index (χ4n) is 2.13. The van der Waals surface area contributed by atoms with Crippen molar-refractivity contribution in [1.82, 2.24) is 10.3 Å². The normalized spacial score (nSPS) is 12.2. The third-order valence-corrected chi connectivity index (χ3v) is 4.17. The van der Waals surface area contributed by atoms with Gasteiger partial charge in [0.05, 0.1) is 17.3 Å². The minimum Gasteiger partial charge on any atom is -0.344 e. The maximum Gasteiger partial charge on any atom is 0.253 e. The molecule has 0 spiro atoms. The summed E-state index contributed by atoms with van der Waals surface area (Å²) >= 11 is 1.59. The molecule has 1 amide bonds. The highest BCUT2D eigenvalue weighted by molar-refractivity contribution is 7.17. The molecule has 3 aromatic rings. The van der Waals surface area contributed by atoms with Crippen molar-refractivity contribution in [1.29, 1.82) is 0 Å². The zero-order valence-corrected chi connectivity index (χ0v) is 11.9. The van der Waals surface area contributed by atoms with E-state index in [1.807, 2.05) is 54.8 Å². The van der Waals surface area contributed by atoms with Crippen LogP contribution in [0.4, 0.5) is 0 Å². The fraction of sp³-hybridized carbons (Fsp3) is 0.125. The molecule has 0 fully saturated rings. The summed E-state index contributed by atoms with van der Waals surface area (Å²) in [6, 6.07) is 13.5. The first kappa shape index (κ1) is 12.8. The standard InChI is InChI=1S/C16H14N2OS/c1-11(14-7-4-5-9-17-14)18-16(19)13-10-20-15-8-3-2-6-12(13)15/h2-11H,1H3,(H,18,19)/t11-/m0/s1. The lowest BCUT2D eigenvalue weighted by atomic mass is 10.1. The van der Waals surface area contributed by atoms with Crippen molar-refractivity contribution >= 4 is 27.3 Å². The van der Waals surface area contributed by atoms with Crippen molar-refractivity contribution in [3.8, 4) is 0 Å². The average Bonchev–Trinajstić information content (AvgIpc) is 2.92. The molecule has 4 heteroatoms. The van der Waals surface area contributed by atoms with E-state index in [9.17, 15) is 4.79 Å². The number of rotatable bonds is 3. The summed E-state index contributed by atoms with van der Waals surface area (Å²) in [5.74, 6) is -0.0550. The highest BCUT2D eigenvalue weighted by atomic mass is 32.1. The number of carbonyl (C=O) groups excluding carboxylic acids is 1. The quantitative estimate of drug-likeness (QED) is 0.794. The molecule has 3 rings (SSSR count). The summed E-state index contributed by atoms with van der Waals surface area (Å²) in [7, 11) is 0. The largest absolute Gasteiger partial charge is 0.344 e. The van der Waals surface area contributed by atoms with Gasteiger partial charge in [-0.05, 0) is 25.1 Å². The van der Waals surface area contributed by atoms with Gasteiger partial charge in [-0.3, -0.25) is 9.78 Å². The van der Waals surface area contributed by atoms with Gasteiger partial charge in [0, 0.05) is 21.7 Å². The highest BCUT2D eigenvalue weighted by Crippen LogP contribution is 2.26. The van der Waals surface area contributed by atoms with E-state index in [-0.39, 0.29) is 11.9 Å². The molecule has 0 unspecified atom stereocenters. The number of thiophene rings is 1. The van der Waals surface area contributed by atoms with Crippen LogP contribution in [0.25, 0.3) is 10.1 Å². The molecular weight excluding hydrogens is 268 g/mol. The zero-order chi connectivity index (χ0) is 13.9. The maximum atomic E-state index is 12.4. The molecular formula is C16H14N2OS. The average molecular weight is 282 g/mol. The van der Waals surface area contributed by atoms with E-state index in [2.05, 4.69) is 10.3 Å². The lowest BCUT2D eigenvalue weighted by molar-refractivity contribution is 0.0941. The van der Waals surface area contributed by atoms with Crippen molar-refractivity contribution in [2.45, 2.75) is 13.0 Å². The number of hydrogen-bond donors (Lipinski definition) is 1. The van der Waals surface area contributed by atoms with Crippen LogP contribution in [0, 0.1) is 0 Å². The van der Waals surface area contributed by atoms with Gasteiger partial charge < -0.3 is 5.32 Å². The molecule has 0 aliphatic rings. The Morgan fingerprint density at radius 3 is 2.80 bits per heavy atom. The van der Waals surface area contributed by atoms with Gasteiger partial charge in [0.1, 0.15) is 0 Å². The zero-order valence-electron chi connectivity index (χ0n) is 11.0. The highest BCUT2D eigenvalue weighted by Gasteiger charge is 2.15. The van der Waals surface area contributed by atoms with E-state index in [1.54, 1.807) is 17.5 Å². The summed E-state index contributed by atoms with van der Waals surface area (Å²) in [4.78, 5) is 16.6. The van der Waals surface area contributed by atoms with Gasteiger partial charge in [-0.25, -0.2) is 0 Å². The van der Waals surface area contributed by atoms with Gasteiger partial charge in [0.15, 0.2) is 0 Å². The SMILES string of the molecule is C[C@H](NC(=O)c1csc2ccccc12)c1ccccn1. The number of nitrogens with zero attached hydrogens (tertiary/aromatic N) is 1. The van der Waals surface area contributed by atoms with Crippen LogP contribution in [0.15, 0.2) is 54.0 Å². The minimum absolute atomic E-state index is 0.0550. The second-order valence-electron chi connectivity index (χ2n) is 4.60. The van der Waals surface area contributed by atoms with Gasteiger partial charge in [-0.15, -0.1) is 11.3 Å². The summed E-state index contributed by atoms with van der Waals surface area (Å²) in [5.41, 5.74) is 1.59. The Morgan fingerprint density at radius 2 is 2.00 bits per heavy atom. The number of hydrogen-bond acceptors (Lipinski definition) is 3. The molecule has 1 N–H and O–H groups in total. The molecule has 1 atom stereocenters. The first-order valence-corrected chi connectivity index (χ1v) is 7.31. The van der Waals surface area contributed by atoms with Crippen molar-refractivity contribution in [3.63, 3.8) is 0 Å². The number of nitrogens with one attached hydrogen (secondary N) is 1. The molecule has 20 heavy (non-hydrogen) atoms. The fourth-order valence-corrected chi connectivity index (χ4v) is 3.08. The van der Waals surface area contributed by atoms with Gasteiger partial charge in [-0.1, -0.05) is 24.3 Å². The van der Waals surface area contributed by atoms with E-state index in [1.165, 1.54) is 0 Å². The Balaban J connectivity index is 1.83. The molecule has 2 aromatic heterocycles. The van der Waals surface area contributed by atoms with Crippen LogP contribution in [0.3, 0.4) is 0 Å². The minimum atomic E-state index is -0.109. The van der Waals surface area contributed by atoms with Crippen LogP contribution in [0.1, 0.15) is 29.0 Å². The van der Waals surface area contributed by atoms with Crippen LogP contribution in [-0.2, 0) is 0 Å². The van der Waals surface area contributed by atoms with Crippen LogP contribution in [-0.4, -0.2) is 10.9 Å². The molecule has 0 radical (unpaired) electrons. The Morgan fingerprint density at radius 1 is 1.20 bits per heavy atom. The predicted octanol–water partition coefficient (Wildman–Crippen LogP) is 3.79. The second-order valence-corrected chi connectivity index (χ2v) is 5.51. The number of aromatic nitrogens is 1. The topological polar surface area (TPSA) is 42.0 Å². The number of amides is 1. The van der Waals surface area contributed by atoms with Gasteiger partial charge in [0.25, 0.3) is 5.91 Å². The van der Waals surface area contributed by atoms with Crippen LogP contribution < -0.4 is 5.32 Å². The van der Waals surface area contributed by atoms with Gasteiger partial charge >= 0.3 is 0 Å². The van der Waals surface area contributed by atoms with Crippen molar-refractivity contribution in [2.24, 2.45) is 0 Å². The summed E-state index contributed by atoms with van der Waals surface area (Å²) < 4.78 is 1.13. The number of pyridine rings is 1. The van der Waals surface area contributed by atoms with E-state index in [0.29, 0.717) is 0 Å². The Kier molecular flexibility index (Phi) is 3.48. The smallest absolute Gasteiger partial charge is 0.253 e. The molecule has 3 nitrogen and oxygen atoms in total. The van der Waals surface area contributed by atoms with Crippen LogP contribution in [0.5, 0.6) is 0 Å². The second kappa shape index (κ2) is 5.43. The molecule has 0 aliphatic heterocycles. The number of carbonyl (C=O) groups is 1. The predicted molar refractivity (Wildman–Crippen MR) is 81.9 cm³/mol. The molecule has 2 heterocycles. The summed E-state index contributed by atoms with van der Waals surface area (Å²) in [5, 5.41) is 5.91. The van der Waals surface area contributed by atoms with E-state index < -0.39 is 0 Å². The first-order valence-electron chi connectivity index (χ1n) is 6.44. The first-order chi connectivity index (χ1) is 9.75. The van der Waals surface area contributed by atoms with Gasteiger partial charge in [0.2, 0.25) is 0 Å². The molecule has 0 bridgehead atoms. The lowest BCUT2D eigenvalue weighted by Crippen LogP contribution is -2.26. The van der Waals surface area contributed by atoms with Crippen LogP contribution in [0.2, 0.25) is 0 Å². The maximum absolute atomic E-state index is 12.4. The van der Waals surface area contributed by atoms with E-state index in [0.717, 1.165) is 21.3 Å². The third kappa shape index (κ3) is 2.42. The molecule has 100 valence electrons. The molecule has 1 aromatic carbocycles. The Hall–Kier alpha value is -2.20. The number of fused-ring (bicyclic) bond motifs is 1. The molecule has 0 aliphatic carbocycles. The summed E-state index contributed by atoms with van der Waals surface area (Å²) in [6.07, 6.45) is 1.73. The van der Waals surface area contributed by atoms with E-state index in [4.69, 9.17) is 0 Å². The number of benzene rings is 1. The van der Waals surface area contributed by atoms with E-state index >= 15 is 0 Å².